The Morgan fingerprint density at radius 1 is 1.16 bits per heavy atom. The zero-order valence-corrected chi connectivity index (χ0v) is 11.7. The molecule has 1 aromatic heterocycles. The summed E-state index contributed by atoms with van der Waals surface area (Å²) in [4.78, 5) is 25.7. The summed E-state index contributed by atoms with van der Waals surface area (Å²) in [5.41, 5.74) is -0.892. The summed E-state index contributed by atoms with van der Waals surface area (Å²) in [6.07, 6.45) is 0. The molecule has 7 nitrogen and oxygen atoms in total. The van der Waals surface area contributed by atoms with E-state index in [1.807, 2.05) is 0 Å². The molecule has 1 heterocycles. The maximum atomic E-state index is 11.6. The van der Waals surface area contributed by atoms with Gasteiger partial charge in [0.1, 0.15) is 5.54 Å². The Hall–Kier alpha value is -2.18. The van der Waals surface area contributed by atoms with Crippen molar-refractivity contribution in [3.8, 4) is 0 Å². The lowest BCUT2D eigenvalue weighted by Gasteiger charge is -2.32. The van der Waals surface area contributed by atoms with E-state index in [2.05, 4.69) is 10.2 Å². The largest absolute Gasteiger partial charge is 0.480 e. The van der Waals surface area contributed by atoms with Gasteiger partial charge in [0.25, 0.3) is 5.91 Å². The van der Waals surface area contributed by atoms with Gasteiger partial charge in [-0.3, -0.25) is 4.79 Å². The topological polar surface area (TPSA) is 86.6 Å². The van der Waals surface area contributed by atoms with Crippen molar-refractivity contribution in [2.75, 3.05) is 26.0 Å². The first-order valence-corrected chi connectivity index (χ1v) is 5.70. The van der Waals surface area contributed by atoms with Crippen molar-refractivity contribution in [3.05, 3.63) is 17.8 Å². The van der Waals surface area contributed by atoms with E-state index in [4.69, 9.17) is 5.11 Å². The van der Waals surface area contributed by atoms with Crippen LogP contribution < -0.4 is 4.90 Å². The molecule has 1 N–H and O–H groups in total. The van der Waals surface area contributed by atoms with Crippen molar-refractivity contribution in [2.45, 2.75) is 19.4 Å². The molecule has 0 saturated carbocycles. The number of carbonyl (C=O) groups is 2. The Labute approximate surface area is 111 Å². The smallest absolute Gasteiger partial charge is 0.328 e. The van der Waals surface area contributed by atoms with Gasteiger partial charge in [-0.25, -0.2) is 4.79 Å². The minimum atomic E-state index is -1.11. The second kappa shape index (κ2) is 5.21. The van der Waals surface area contributed by atoms with Gasteiger partial charge in [-0.15, -0.1) is 10.2 Å². The number of carboxylic acids is 1. The van der Waals surface area contributed by atoms with Crippen LogP contribution in [0.2, 0.25) is 0 Å². The molecular formula is C12H18N4O3. The van der Waals surface area contributed by atoms with Crippen LogP contribution in [-0.2, 0) is 4.79 Å². The van der Waals surface area contributed by atoms with E-state index >= 15 is 0 Å². The molecule has 0 atom stereocenters. The van der Waals surface area contributed by atoms with Crippen molar-refractivity contribution in [1.82, 2.24) is 15.1 Å². The van der Waals surface area contributed by atoms with E-state index in [9.17, 15) is 9.59 Å². The minimum absolute atomic E-state index is 0.218. The molecule has 0 radical (unpaired) electrons. The molecule has 0 aliphatic carbocycles. The molecular weight excluding hydrogens is 248 g/mol. The summed E-state index contributed by atoms with van der Waals surface area (Å²) >= 11 is 0. The quantitative estimate of drug-likeness (QED) is 0.853. The van der Waals surface area contributed by atoms with Gasteiger partial charge in [0, 0.05) is 21.1 Å². The summed E-state index contributed by atoms with van der Waals surface area (Å²) in [7, 11) is 4.86. The monoisotopic (exact) mass is 266 g/mol. The third-order valence-electron chi connectivity index (χ3n) is 2.98. The zero-order chi connectivity index (χ0) is 14.8. The van der Waals surface area contributed by atoms with Crippen molar-refractivity contribution >= 4 is 17.7 Å². The zero-order valence-electron chi connectivity index (χ0n) is 11.7. The van der Waals surface area contributed by atoms with E-state index in [1.54, 1.807) is 41.1 Å². The van der Waals surface area contributed by atoms with Crippen molar-refractivity contribution in [1.29, 1.82) is 0 Å². The molecule has 0 saturated heterocycles. The molecule has 1 aromatic rings. The molecule has 1 rings (SSSR count). The maximum Gasteiger partial charge on any atom is 0.328 e. The number of likely N-dealkylation sites (N-methyl/N-ethyl adjacent to an activating group) is 1. The fraction of sp³-hybridized carbons (Fsp3) is 0.500. The average Bonchev–Trinajstić information content (AvgIpc) is 2.36. The van der Waals surface area contributed by atoms with E-state index in [1.165, 1.54) is 15.9 Å². The van der Waals surface area contributed by atoms with Crippen LogP contribution in [0.15, 0.2) is 12.1 Å². The Morgan fingerprint density at radius 2 is 1.74 bits per heavy atom. The molecule has 0 aliphatic heterocycles. The van der Waals surface area contributed by atoms with Crippen LogP contribution in [0.4, 0.5) is 5.82 Å². The molecule has 0 aromatic carbocycles. The first-order valence-electron chi connectivity index (χ1n) is 5.70. The van der Waals surface area contributed by atoms with E-state index < -0.39 is 11.5 Å². The van der Waals surface area contributed by atoms with Gasteiger partial charge in [0.2, 0.25) is 0 Å². The standard InChI is InChI=1S/C12H18N4O3/c1-12(2,11(18)19)16(5)9-7-6-8(13-14-9)10(17)15(3)4/h6-7H,1-5H3,(H,18,19). The van der Waals surface area contributed by atoms with Gasteiger partial charge >= 0.3 is 5.97 Å². The Bertz CT molecular complexity index is 482. The van der Waals surface area contributed by atoms with Gasteiger partial charge in [-0.2, -0.15) is 0 Å². The van der Waals surface area contributed by atoms with Crippen LogP contribution in [0.3, 0.4) is 0 Å². The Morgan fingerprint density at radius 3 is 2.11 bits per heavy atom. The highest BCUT2D eigenvalue weighted by Gasteiger charge is 2.33. The highest BCUT2D eigenvalue weighted by atomic mass is 16.4. The fourth-order valence-electron chi connectivity index (χ4n) is 1.28. The predicted molar refractivity (Wildman–Crippen MR) is 70.2 cm³/mol. The van der Waals surface area contributed by atoms with Gasteiger partial charge in [0.05, 0.1) is 0 Å². The number of aliphatic carboxylic acids is 1. The Balaban J connectivity index is 3.00. The highest BCUT2D eigenvalue weighted by Crippen LogP contribution is 2.19. The third kappa shape index (κ3) is 2.98. The summed E-state index contributed by atoms with van der Waals surface area (Å²) in [6, 6.07) is 3.10. The molecule has 1 amide bonds. The summed E-state index contributed by atoms with van der Waals surface area (Å²) < 4.78 is 0. The molecule has 19 heavy (non-hydrogen) atoms. The van der Waals surface area contributed by atoms with Gasteiger partial charge in [0.15, 0.2) is 11.5 Å². The van der Waals surface area contributed by atoms with E-state index in [0.717, 1.165) is 0 Å². The second-order valence-electron chi connectivity index (χ2n) is 4.90. The first kappa shape index (κ1) is 14.9. The highest BCUT2D eigenvalue weighted by molar-refractivity contribution is 5.91. The van der Waals surface area contributed by atoms with Crippen LogP contribution in [0.25, 0.3) is 0 Å². The lowest BCUT2D eigenvalue weighted by molar-refractivity contribution is -0.142. The summed E-state index contributed by atoms with van der Waals surface area (Å²) in [5, 5.41) is 16.9. The van der Waals surface area contributed by atoms with Crippen LogP contribution in [0, 0.1) is 0 Å². The number of carbonyl (C=O) groups excluding carboxylic acids is 1. The van der Waals surface area contributed by atoms with Crippen LogP contribution >= 0.6 is 0 Å². The van der Waals surface area contributed by atoms with E-state index in [-0.39, 0.29) is 11.6 Å². The number of anilines is 1. The average molecular weight is 266 g/mol. The fourth-order valence-corrected chi connectivity index (χ4v) is 1.28. The molecule has 104 valence electrons. The predicted octanol–water partition coefficient (Wildman–Crippen LogP) is 0.478. The van der Waals surface area contributed by atoms with Gasteiger partial charge in [-0.05, 0) is 26.0 Å². The van der Waals surface area contributed by atoms with Crippen molar-refractivity contribution in [2.24, 2.45) is 0 Å². The number of nitrogens with zero attached hydrogens (tertiary/aromatic N) is 4. The molecule has 0 fully saturated rings. The van der Waals surface area contributed by atoms with Gasteiger partial charge < -0.3 is 14.9 Å². The lowest BCUT2D eigenvalue weighted by atomic mass is 10.0. The number of aromatic nitrogens is 2. The first-order chi connectivity index (χ1) is 8.67. The third-order valence-corrected chi connectivity index (χ3v) is 2.98. The lowest BCUT2D eigenvalue weighted by Crippen LogP contribution is -2.48. The van der Waals surface area contributed by atoms with Gasteiger partial charge in [-0.1, -0.05) is 0 Å². The van der Waals surface area contributed by atoms with Crippen molar-refractivity contribution in [3.63, 3.8) is 0 Å². The van der Waals surface area contributed by atoms with Crippen LogP contribution in [0.5, 0.6) is 0 Å². The van der Waals surface area contributed by atoms with Crippen molar-refractivity contribution < 1.29 is 14.7 Å². The number of amides is 1. The number of carboxylic acid groups (broad SMARTS) is 1. The molecule has 0 aliphatic rings. The second-order valence-corrected chi connectivity index (χ2v) is 4.90. The molecule has 0 bridgehead atoms. The van der Waals surface area contributed by atoms with Crippen LogP contribution in [0.1, 0.15) is 24.3 Å². The maximum absolute atomic E-state index is 11.6. The Kier molecular flexibility index (Phi) is 4.08. The molecule has 0 spiro atoms. The van der Waals surface area contributed by atoms with E-state index in [0.29, 0.717) is 5.82 Å². The number of rotatable bonds is 4. The minimum Gasteiger partial charge on any atom is -0.480 e. The number of hydrogen-bond donors (Lipinski definition) is 1. The SMILES string of the molecule is CN(C)C(=O)c1ccc(N(C)C(C)(C)C(=O)O)nn1. The summed E-state index contributed by atoms with van der Waals surface area (Å²) in [5.74, 6) is -0.827. The molecule has 0 unspecified atom stereocenters. The summed E-state index contributed by atoms with van der Waals surface area (Å²) in [6.45, 7) is 3.13. The van der Waals surface area contributed by atoms with Crippen LogP contribution in [-0.4, -0.2) is 58.8 Å². The molecule has 7 heteroatoms. The normalized spacial score (nSPS) is 11.0. The number of hydrogen-bond acceptors (Lipinski definition) is 5.